The van der Waals surface area contributed by atoms with Gasteiger partial charge in [0.2, 0.25) is 5.82 Å². The summed E-state index contributed by atoms with van der Waals surface area (Å²) in [4.78, 5) is 20.7. The molecule has 0 aliphatic rings. The number of benzene rings is 1. The van der Waals surface area contributed by atoms with E-state index < -0.39 is 5.97 Å². The third-order valence-electron chi connectivity index (χ3n) is 5.22. The van der Waals surface area contributed by atoms with E-state index in [1.807, 2.05) is 31.2 Å². The molecule has 0 bridgehead atoms. The molecule has 0 radical (unpaired) electrons. The number of rotatable bonds is 16. The first-order valence-electron chi connectivity index (χ1n) is 12.1. The van der Waals surface area contributed by atoms with Crippen LogP contribution in [-0.4, -0.2) is 29.2 Å². The van der Waals surface area contributed by atoms with Crippen molar-refractivity contribution in [2.24, 2.45) is 0 Å². The van der Waals surface area contributed by atoms with Crippen LogP contribution in [-0.2, 0) is 4.74 Å². The van der Waals surface area contributed by atoms with Crippen molar-refractivity contribution in [3.8, 4) is 11.5 Å². The fourth-order valence-corrected chi connectivity index (χ4v) is 3.28. The third kappa shape index (κ3) is 9.25. The lowest BCUT2D eigenvalue weighted by Gasteiger charge is -2.16. The van der Waals surface area contributed by atoms with Crippen LogP contribution in [0.15, 0.2) is 36.7 Å². The summed E-state index contributed by atoms with van der Waals surface area (Å²) < 4.78 is 17.1. The Hall–Kier alpha value is -2.63. The molecule has 0 saturated carbocycles. The van der Waals surface area contributed by atoms with Crippen LogP contribution < -0.4 is 9.47 Å². The molecule has 0 fully saturated rings. The van der Waals surface area contributed by atoms with E-state index in [0.29, 0.717) is 18.8 Å². The van der Waals surface area contributed by atoms with Gasteiger partial charge in [-0.1, -0.05) is 71.4 Å². The molecule has 2 rings (SSSR count). The van der Waals surface area contributed by atoms with E-state index in [4.69, 9.17) is 14.2 Å². The maximum atomic E-state index is 12.5. The maximum absolute atomic E-state index is 12.5. The molecule has 32 heavy (non-hydrogen) atoms. The highest BCUT2D eigenvalue weighted by Crippen LogP contribution is 2.24. The van der Waals surface area contributed by atoms with Crippen molar-refractivity contribution in [3.05, 3.63) is 48.0 Å². The first-order chi connectivity index (χ1) is 15.7. The van der Waals surface area contributed by atoms with Crippen LogP contribution in [0.2, 0.25) is 0 Å². The van der Waals surface area contributed by atoms with Gasteiger partial charge in [0.15, 0.2) is 5.75 Å². The zero-order valence-corrected chi connectivity index (χ0v) is 19.8. The van der Waals surface area contributed by atoms with Crippen LogP contribution in [0.1, 0.15) is 101 Å². The topological polar surface area (TPSA) is 70.5 Å². The first kappa shape index (κ1) is 25.6. The van der Waals surface area contributed by atoms with E-state index >= 15 is 0 Å². The van der Waals surface area contributed by atoms with E-state index in [1.54, 1.807) is 0 Å². The molecule has 0 saturated heterocycles. The molecule has 0 spiro atoms. The van der Waals surface area contributed by atoms with E-state index in [0.717, 1.165) is 43.6 Å². The molecule has 0 amide bonds. The molecular weight excluding hydrogens is 404 g/mol. The molecule has 2 aromatic rings. The summed E-state index contributed by atoms with van der Waals surface area (Å²) in [6.07, 6.45) is 12.6. The Labute approximate surface area is 192 Å². The van der Waals surface area contributed by atoms with Gasteiger partial charge in [0.25, 0.3) is 0 Å². The molecule has 6 nitrogen and oxygen atoms in total. The molecule has 1 aromatic carbocycles. The van der Waals surface area contributed by atoms with Gasteiger partial charge in [-0.2, -0.15) is 0 Å². The summed E-state index contributed by atoms with van der Waals surface area (Å²) in [7, 11) is 0. The van der Waals surface area contributed by atoms with Gasteiger partial charge in [0.1, 0.15) is 11.9 Å². The molecule has 1 unspecified atom stereocenters. The smallest absolute Gasteiger partial charge is 0.376 e. The molecule has 0 aliphatic heterocycles. The van der Waals surface area contributed by atoms with Gasteiger partial charge in [0, 0.05) is 0 Å². The van der Waals surface area contributed by atoms with Crippen LogP contribution in [0.25, 0.3) is 0 Å². The molecule has 1 atom stereocenters. The molecule has 6 heteroatoms. The molecule has 176 valence electrons. The predicted molar refractivity (Wildman–Crippen MR) is 126 cm³/mol. The number of hydrogen-bond donors (Lipinski definition) is 0. The van der Waals surface area contributed by atoms with Gasteiger partial charge >= 0.3 is 5.97 Å². The summed E-state index contributed by atoms with van der Waals surface area (Å²) in [5.74, 6) is 0.892. The van der Waals surface area contributed by atoms with Crippen molar-refractivity contribution in [2.45, 2.75) is 84.7 Å². The van der Waals surface area contributed by atoms with Gasteiger partial charge in [-0.05, 0) is 37.0 Å². The van der Waals surface area contributed by atoms with E-state index in [-0.39, 0.29) is 11.9 Å². The lowest BCUT2D eigenvalue weighted by molar-refractivity contribution is 0.0273. The number of aromatic nitrogens is 2. The second-order valence-electron chi connectivity index (χ2n) is 7.93. The van der Waals surface area contributed by atoms with Gasteiger partial charge in [-0.3, -0.25) is 0 Å². The Morgan fingerprint density at radius 1 is 0.781 bits per heavy atom. The minimum Gasteiger partial charge on any atom is -0.494 e. The Kier molecular flexibility index (Phi) is 12.2. The quantitative estimate of drug-likeness (QED) is 0.213. The number of hydrogen-bond acceptors (Lipinski definition) is 6. The Morgan fingerprint density at radius 2 is 1.34 bits per heavy atom. The number of unbranched alkanes of at least 4 members (excludes halogenated alkanes) is 6. The average molecular weight is 443 g/mol. The highest BCUT2D eigenvalue weighted by molar-refractivity contribution is 5.85. The normalized spacial score (nSPS) is 11.7. The van der Waals surface area contributed by atoms with Crippen LogP contribution in [0.4, 0.5) is 0 Å². The SMILES string of the molecule is CCCCCCCOc1ccc(C(CC)OC(=O)c2ncc(OCCCCC)cn2)cc1. The molecule has 1 heterocycles. The van der Waals surface area contributed by atoms with Crippen molar-refractivity contribution in [2.75, 3.05) is 13.2 Å². The second-order valence-corrected chi connectivity index (χ2v) is 7.93. The van der Waals surface area contributed by atoms with Crippen LogP contribution in [0.5, 0.6) is 11.5 Å². The minimum atomic E-state index is -0.540. The Morgan fingerprint density at radius 3 is 1.97 bits per heavy atom. The van der Waals surface area contributed by atoms with Crippen molar-refractivity contribution in [1.82, 2.24) is 9.97 Å². The largest absolute Gasteiger partial charge is 0.494 e. The number of carbonyl (C=O) groups excluding carboxylic acids is 1. The number of ether oxygens (including phenoxy) is 3. The van der Waals surface area contributed by atoms with Gasteiger partial charge in [-0.15, -0.1) is 0 Å². The zero-order valence-electron chi connectivity index (χ0n) is 19.8. The second kappa shape index (κ2) is 15.2. The van der Waals surface area contributed by atoms with Crippen LogP contribution >= 0.6 is 0 Å². The summed E-state index contributed by atoms with van der Waals surface area (Å²) in [5, 5.41) is 0. The monoisotopic (exact) mass is 442 g/mol. The van der Waals surface area contributed by atoms with Crippen LogP contribution in [0.3, 0.4) is 0 Å². The van der Waals surface area contributed by atoms with E-state index in [1.165, 1.54) is 38.1 Å². The molecular formula is C26H38N2O4. The van der Waals surface area contributed by atoms with E-state index in [9.17, 15) is 4.79 Å². The highest BCUT2D eigenvalue weighted by atomic mass is 16.5. The average Bonchev–Trinajstić information content (AvgIpc) is 2.83. The maximum Gasteiger partial charge on any atom is 0.376 e. The summed E-state index contributed by atoms with van der Waals surface area (Å²) in [5.41, 5.74) is 0.923. The summed E-state index contributed by atoms with van der Waals surface area (Å²) in [6, 6.07) is 7.75. The number of esters is 1. The number of nitrogens with zero attached hydrogens (tertiary/aromatic N) is 2. The first-order valence-corrected chi connectivity index (χ1v) is 12.1. The fourth-order valence-electron chi connectivity index (χ4n) is 3.28. The lowest BCUT2D eigenvalue weighted by atomic mass is 10.1. The number of carbonyl (C=O) groups is 1. The fraction of sp³-hybridized carbons (Fsp3) is 0.577. The molecule has 0 aliphatic carbocycles. The lowest BCUT2D eigenvalue weighted by Crippen LogP contribution is -2.14. The zero-order chi connectivity index (χ0) is 23.0. The Balaban J connectivity index is 1.82. The highest BCUT2D eigenvalue weighted by Gasteiger charge is 2.19. The predicted octanol–water partition coefficient (Wildman–Crippen LogP) is 6.70. The van der Waals surface area contributed by atoms with Crippen molar-refractivity contribution in [1.29, 1.82) is 0 Å². The van der Waals surface area contributed by atoms with Crippen molar-refractivity contribution < 1.29 is 19.0 Å². The molecule has 1 aromatic heterocycles. The van der Waals surface area contributed by atoms with Crippen LogP contribution in [0, 0.1) is 0 Å². The van der Waals surface area contributed by atoms with E-state index in [2.05, 4.69) is 23.8 Å². The van der Waals surface area contributed by atoms with Gasteiger partial charge in [0.05, 0.1) is 25.6 Å². The minimum absolute atomic E-state index is 0.0346. The summed E-state index contributed by atoms with van der Waals surface area (Å²) >= 11 is 0. The third-order valence-corrected chi connectivity index (χ3v) is 5.22. The summed E-state index contributed by atoms with van der Waals surface area (Å²) in [6.45, 7) is 7.69. The standard InChI is InChI=1S/C26H38N2O4/c1-4-7-9-10-12-18-30-22-15-13-21(14-16-22)24(6-3)32-26(29)25-27-19-23(20-28-25)31-17-11-8-5-2/h13-16,19-20,24H,4-12,17-18H2,1-3H3. The molecule has 0 N–H and O–H groups in total. The Bertz CT molecular complexity index is 762. The van der Waals surface area contributed by atoms with Gasteiger partial charge in [-0.25, -0.2) is 14.8 Å². The van der Waals surface area contributed by atoms with Crippen molar-refractivity contribution in [3.63, 3.8) is 0 Å². The van der Waals surface area contributed by atoms with Gasteiger partial charge < -0.3 is 14.2 Å². The van der Waals surface area contributed by atoms with Crippen molar-refractivity contribution >= 4 is 5.97 Å².